The van der Waals surface area contributed by atoms with E-state index >= 15 is 0 Å². The first-order valence-corrected chi connectivity index (χ1v) is 35.1. The fourth-order valence-corrected chi connectivity index (χ4v) is 11.2. The smallest absolute Gasteiger partial charge is 0.408 e. The maximum Gasteiger partial charge on any atom is 0.408 e. The van der Waals surface area contributed by atoms with Gasteiger partial charge in [-0.2, -0.15) is 44.5 Å². The number of rotatable bonds is 20. The molecule has 2 aliphatic rings. The van der Waals surface area contributed by atoms with Crippen molar-refractivity contribution in [3.05, 3.63) is 198 Å². The maximum atomic E-state index is 13.1. The predicted octanol–water partition coefficient (Wildman–Crippen LogP) is 14.9. The Morgan fingerprint density at radius 1 is 0.468 bits per heavy atom. The van der Waals surface area contributed by atoms with Crippen molar-refractivity contribution in [3.8, 4) is 62.7 Å². The van der Waals surface area contributed by atoms with Gasteiger partial charge in [0, 0.05) is 51.6 Å². The number of aromatic nitrogens is 12. The molecule has 8 heterocycles. The maximum absolute atomic E-state index is 13.1. The number of benzene rings is 4. The molecule has 0 spiro atoms. The molecule has 111 heavy (non-hydrogen) atoms. The van der Waals surface area contributed by atoms with Crippen LogP contribution in [0.15, 0.2) is 147 Å². The van der Waals surface area contributed by atoms with Crippen LogP contribution in [0.1, 0.15) is 132 Å². The summed E-state index contributed by atoms with van der Waals surface area (Å²) in [6, 6.07) is 29.0. The lowest BCUT2D eigenvalue weighted by atomic mass is 10.1. The molecule has 8 aromatic heterocycles. The summed E-state index contributed by atoms with van der Waals surface area (Å²) in [5.41, 5.74) is 7.90. The van der Waals surface area contributed by atoms with Crippen LogP contribution in [-0.2, 0) is 6.42 Å². The molecule has 4 amide bonds. The molecule has 2 fully saturated rings. The van der Waals surface area contributed by atoms with Crippen LogP contribution in [0, 0.1) is 32.5 Å². The molecule has 0 radical (unpaired) electrons. The first-order chi connectivity index (χ1) is 52.7. The zero-order valence-electron chi connectivity index (χ0n) is 61.5. The zero-order valence-corrected chi connectivity index (χ0v) is 61.5. The molecule has 582 valence electrons. The van der Waals surface area contributed by atoms with Gasteiger partial charge >= 0.3 is 18.5 Å². The Morgan fingerprint density at radius 2 is 0.847 bits per heavy atom. The second-order valence-electron chi connectivity index (χ2n) is 26.3. The summed E-state index contributed by atoms with van der Waals surface area (Å²) in [4.78, 5) is 83.7. The molecule has 14 rings (SSSR count). The number of fused-ring (bicyclic) bond motifs is 4. The van der Waals surface area contributed by atoms with E-state index in [1.807, 2.05) is 104 Å². The van der Waals surface area contributed by atoms with Gasteiger partial charge in [0.1, 0.15) is 72.3 Å². The van der Waals surface area contributed by atoms with E-state index in [2.05, 4.69) is 45.2 Å². The number of halogens is 10. The highest BCUT2D eigenvalue weighted by Gasteiger charge is 2.40. The number of methoxy groups -OCH3 is 1. The second kappa shape index (κ2) is 33.3. The highest BCUT2D eigenvalue weighted by molar-refractivity contribution is 6.00. The molecular formula is C77H76F10N16O8. The molecule has 2 saturated carbocycles. The monoisotopic (exact) mass is 1540 g/mol. The fraction of sp³-hybridized carbons (Fsp3) is 0.325. The number of aryl methyl sites for hydroxylation is 4. The zero-order chi connectivity index (χ0) is 80.0. The number of carbonyl (C=O) groups is 4. The third-order valence-electron chi connectivity index (χ3n) is 17.9. The van der Waals surface area contributed by atoms with Crippen molar-refractivity contribution in [2.24, 2.45) is 5.92 Å². The molecule has 3 unspecified atom stereocenters. The molecule has 0 bridgehead atoms. The lowest BCUT2D eigenvalue weighted by Gasteiger charge is -2.16. The Labute approximate surface area is 628 Å². The average Bonchev–Trinajstić information content (AvgIpc) is 1.70. The molecule has 24 nitrogen and oxygen atoms in total. The summed E-state index contributed by atoms with van der Waals surface area (Å²) in [5, 5.41) is 8.77. The van der Waals surface area contributed by atoms with Gasteiger partial charge in [0.15, 0.2) is 45.4 Å². The predicted molar refractivity (Wildman–Crippen MR) is 388 cm³/mol. The van der Waals surface area contributed by atoms with Gasteiger partial charge in [0.2, 0.25) is 5.88 Å². The molecule has 0 saturated heterocycles. The second-order valence-corrected chi connectivity index (χ2v) is 26.3. The van der Waals surface area contributed by atoms with Crippen LogP contribution in [0.3, 0.4) is 0 Å². The van der Waals surface area contributed by atoms with E-state index in [9.17, 15) is 63.1 Å². The van der Waals surface area contributed by atoms with Gasteiger partial charge in [-0.25, -0.2) is 39.3 Å². The lowest BCUT2D eigenvalue weighted by Crippen LogP contribution is -2.43. The number of hydrogen-bond donors (Lipinski definition) is 4. The Bertz CT molecular complexity index is 5380. The van der Waals surface area contributed by atoms with Crippen LogP contribution in [0.2, 0.25) is 0 Å². The normalized spacial score (nSPS) is 14.0. The van der Waals surface area contributed by atoms with Crippen LogP contribution in [0.5, 0.6) is 28.9 Å². The van der Waals surface area contributed by atoms with Gasteiger partial charge in [-0.3, -0.25) is 36.8 Å². The van der Waals surface area contributed by atoms with E-state index in [0.29, 0.717) is 64.8 Å². The number of carbonyl (C=O) groups excluding carboxylic acids is 4. The number of ether oxygens (including phenoxy) is 4. The van der Waals surface area contributed by atoms with Crippen molar-refractivity contribution in [1.29, 1.82) is 0 Å². The SMILES string of the molecule is CCOc1cccc(-c2cc(C)n3cnc(C(=O)NC(C)C(F)(F)F)c3n2)c1.CCc1cc(Oc2ccc(F)cc2)nc2c(C(=O)N[C@@H](C)C3CC3)ncn12.COc1cccc(-c2cc(C)n3cnc(C(=O)NC(C)C(F)(F)F)c3n2)c1.Cc1cc(-c2cccc(OC3CC3)c2)nc2c(C(=O)NC(C)C(F)(F)F)ncn12. The fourth-order valence-electron chi connectivity index (χ4n) is 11.2. The summed E-state index contributed by atoms with van der Waals surface area (Å²) in [6.07, 6.45) is -2.56. The van der Waals surface area contributed by atoms with Crippen molar-refractivity contribution >= 4 is 46.2 Å². The summed E-state index contributed by atoms with van der Waals surface area (Å²) in [7, 11) is 1.54. The summed E-state index contributed by atoms with van der Waals surface area (Å²) in [5.74, 6) is 0.0590. The third kappa shape index (κ3) is 19.4. The van der Waals surface area contributed by atoms with Crippen molar-refractivity contribution in [1.82, 2.24) is 78.7 Å². The van der Waals surface area contributed by atoms with E-state index in [0.717, 1.165) is 91.7 Å². The first kappa shape index (κ1) is 79.8. The van der Waals surface area contributed by atoms with Gasteiger partial charge in [0.05, 0.1) is 36.9 Å². The number of amides is 4. The van der Waals surface area contributed by atoms with Gasteiger partial charge in [0.25, 0.3) is 23.6 Å². The summed E-state index contributed by atoms with van der Waals surface area (Å²) >= 11 is 0. The molecule has 34 heteroatoms. The van der Waals surface area contributed by atoms with Crippen LogP contribution in [0.25, 0.3) is 56.4 Å². The number of nitrogens with one attached hydrogen (secondary N) is 4. The highest BCUT2D eigenvalue weighted by Crippen LogP contribution is 2.35. The molecule has 2 aliphatic carbocycles. The van der Waals surface area contributed by atoms with Gasteiger partial charge in [-0.1, -0.05) is 43.3 Å². The highest BCUT2D eigenvalue weighted by atomic mass is 19.4. The molecule has 4 N–H and O–H groups in total. The van der Waals surface area contributed by atoms with E-state index in [4.69, 9.17) is 18.9 Å². The third-order valence-corrected chi connectivity index (χ3v) is 17.9. The van der Waals surface area contributed by atoms with Crippen molar-refractivity contribution in [2.45, 2.75) is 143 Å². The topological polar surface area (TPSA) is 274 Å². The number of hydrogen-bond acceptors (Lipinski definition) is 16. The van der Waals surface area contributed by atoms with Crippen LogP contribution in [-0.4, -0.2) is 144 Å². The number of nitrogens with zero attached hydrogens (tertiary/aromatic N) is 12. The minimum absolute atomic E-state index is 0.124. The first-order valence-electron chi connectivity index (χ1n) is 35.1. The van der Waals surface area contributed by atoms with E-state index in [1.165, 1.54) is 43.2 Å². The summed E-state index contributed by atoms with van der Waals surface area (Å²) in [6.45, 7) is 14.4. The lowest BCUT2D eigenvalue weighted by molar-refractivity contribution is -0.149. The molecule has 12 aromatic rings. The largest absolute Gasteiger partial charge is 0.497 e. The van der Waals surface area contributed by atoms with Gasteiger partial charge < -0.3 is 40.2 Å². The minimum Gasteiger partial charge on any atom is -0.497 e. The van der Waals surface area contributed by atoms with Crippen LogP contribution < -0.4 is 40.2 Å². The average molecular weight is 1540 g/mol. The quantitative estimate of drug-likeness (QED) is 0.0516. The Morgan fingerprint density at radius 3 is 1.23 bits per heavy atom. The molecule has 4 aromatic carbocycles. The minimum atomic E-state index is -4.54. The van der Waals surface area contributed by atoms with Gasteiger partial charge in [-0.15, -0.1) is 0 Å². The van der Waals surface area contributed by atoms with Gasteiger partial charge in [-0.05, 0) is 172 Å². The van der Waals surface area contributed by atoms with E-state index < -0.39 is 54.4 Å². The molecular weight excluding hydrogens is 1470 g/mol. The molecule has 4 atom stereocenters. The standard InChI is InChI=1S/C20H19F3N4O2.C20H21FN4O2.C19H19F3N4O2.C18H17F3N4O2/c1-11-8-16(13-4-3-5-15(9-13)29-14-6-7-14)26-18-17(24-10-27(11)18)19(28)25-12(2)20(21,22)23;1-3-15-10-17(27-16-8-6-14(21)7-9-16)24-19-18(22-11-25(15)19)20(26)23-12(2)13-4-5-13;1-4-28-14-7-5-6-13(9-14)15-8-11(2)26-10-23-16(17(26)25-15)18(27)24-12(3)19(20,21)22;1-10-7-14(12-5-4-6-13(8-12)27-3)24-16-15(22-9-25(10)16)17(26)23-11(2)18(19,20)21/h3-5,8-10,12,14H,6-7H2,1-2H3,(H,25,28);6-13H,3-5H2,1-2H3,(H,23,26);5-10,12H,4H2,1-3H3,(H,24,27);4-9,11H,1-3H3,(H,23,26)/t;12-;;/m.0../s1. The van der Waals surface area contributed by atoms with Crippen molar-refractivity contribution < 1.29 is 82.0 Å². The van der Waals surface area contributed by atoms with Crippen LogP contribution in [0.4, 0.5) is 43.9 Å². The van der Waals surface area contributed by atoms with Crippen molar-refractivity contribution in [3.63, 3.8) is 0 Å². The Balaban J connectivity index is 0.000000147. The number of alkyl halides is 9. The van der Waals surface area contributed by atoms with E-state index in [-0.39, 0.29) is 63.6 Å². The van der Waals surface area contributed by atoms with Crippen LogP contribution >= 0.6 is 0 Å². The summed E-state index contributed by atoms with van der Waals surface area (Å²) < 4.78 is 157. The van der Waals surface area contributed by atoms with Crippen molar-refractivity contribution in [2.75, 3.05) is 13.7 Å². The number of imidazole rings is 4. The van der Waals surface area contributed by atoms with E-state index in [1.54, 1.807) is 81.3 Å². The Hall–Kier alpha value is -12.3. The Kier molecular flexibility index (Phi) is 23.9. The molecule has 0 aliphatic heterocycles.